The molecule has 0 bridgehead atoms. The zero-order valence-corrected chi connectivity index (χ0v) is 17.7. The molecule has 3 aliphatic rings. The topological polar surface area (TPSA) is 77.4 Å². The number of amidine groups is 1. The van der Waals surface area contributed by atoms with Crippen molar-refractivity contribution in [3.8, 4) is 0 Å². The smallest absolute Gasteiger partial charge is 0.349 e. The summed E-state index contributed by atoms with van der Waals surface area (Å²) in [7, 11) is 1.82. The number of nitrogens with zero attached hydrogens (tertiary/aromatic N) is 4. The first-order valence-electron chi connectivity index (χ1n) is 7.72. The van der Waals surface area contributed by atoms with E-state index in [-0.39, 0.29) is 38.9 Å². The quantitative estimate of drug-likeness (QED) is 0.433. The van der Waals surface area contributed by atoms with Gasteiger partial charge in [0.05, 0.1) is 12.1 Å². The molecule has 2 unspecified atom stereocenters. The Bertz CT molecular complexity index is 715. The molecule has 2 aliphatic heterocycles. The second kappa shape index (κ2) is 7.83. The molecule has 0 radical (unpaired) electrons. The minimum atomic E-state index is -0.655. The van der Waals surface area contributed by atoms with Crippen molar-refractivity contribution in [2.75, 3.05) is 26.0 Å². The van der Waals surface area contributed by atoms with Crippen LogP contribution >= 0.6 is 11.6 Å². The second-order valence-corrected chi connectivity index (χ2v) is 6.22. The molecule has 1 N–H and O–H groups in total. The van der Waals surface area contributed by atoms with Crippen molar-refractivity contribution in [1.82, 2.24) is 15.1 Å². The minimum absolute atomic E-state index is 0. The van der Waals surface area contributed by atoms with E-state index in [4.69, 9.17) is 11.6 Å². The number of carbonyl (C=O) groups is 2. The molecule has 0 saturated carbocycles. The number of nitrogens with one attached hydrogen (secondary N) is 1. The van der Waals surface area contributed by atoms with Gasteiger partial charge in [0.2, 0.25) is 0 Å². The number of allylic oxidation sites excluding steroid dienone is 1. The number of fused-ring (bicyclic) bond motifs is 2. The van der Waals surface area contributed by atoms with Gasteiger partial charge in [0.25, 0.3) is 5.91 Å². The van der Waals surface area contributed by atoms with E-state index in [1.165, 1.54) is 0 Å². The summed E-state index contributed by atoms with van der Waals surface area (Å²) in [5, 5.41) is 2.17. The molecule has 0 saturated heterocycles. The summed E-state index contributed by atoms with van der Waals surface area (Å²) in [4.78, 5) is 35.9. The molecule has 1 aliphatic carbocycles. The third kappa shape index (κ3) is 3.58. The van der Waals surface area contributed by atoms with Crippen LogP contribution in [0.15, 0.2) is 33.4 Å². The van der Waals surface area contributed by atoms with E-state index in [9.17, 15) is 9.59 Å². The van der Waals surface area contributed by atoms with E-state index in [0.29, 0.717) is 24.8 Å². The molecule has 3 rings (SSSR count). The van der Waals surface area contributed by atoms with E-state index in [2.05, 4.69) is 33.2 Å². The average Bonchev–Trinajstić information content (AvgIpc) is 2.54. The predicted molar refractivity (Wildman–Crippen MR) is 93.2 cm³/mol. The van der Waals surface area contributed by atoms with Gasteiger partial charge < -0.3 is 16.7 Å². The molecule has 0 aromatic heterocycles. The van der Waals surface area contributed by atoms with Crippen molar-refractivity contribution in [3.05, 3.63) is 30.3 Å². The molecule has 2 atom stereocenters. The molecule has 134 valence electrons. The van der Waals surface area contributed by atoms with Gasteiger partial charge in [0.15, 0.2) is 11.5 Å². The van der Waals surface area contributed by atoms with Gasteiger partial charge in [0, 0.05) is 46.2 Å². The Hall–Kier alpha value is -1.46. The van der Waals surface area contributed by atoms with Gasteiger partial charge in [-0.1, -0.05) is 6.08 Å². The van der Waals surface area contributed by atoms with Gasteiger partial charge in [-0.15, -0.1) is 18.1 Å². The number of amides is 3. The van der Waals surface area contributed by atoms with E-state index >= 15 is 0 Å². The first kappa shape index (κ1) is 19.9. The summed E-state index contributed by atoms with van der Waals surface area (Å²) < 4.78 is 0. The number of halogens is 1. The summed E-state index contributed by atoms with van der Waals surface area (Å²) in [5.74, 6) is 0.316. The second-order valence-electron chi connectivity index (χ2n) is 5.84. The molecular formula is C16H19ClN5O2W-. The molecule has 0 spiro atoms. The third-order valence-corrected chi connectivity index (χ3v) is 4.55. The summed E-state index contributed by atoms with van der Waals surface area (Å²) in [5.41, 5.74) is 2.31. The molecule has 9 heteroatoms. The number of hydrogen-bond donors (Lipinski definition) is 1. The van der Waals surface area contributed by atoms with Crippen LogP contribution in [0.1, 0.15) is 6.92 Å². The normalized spacial score (nSPS) is 24.7. The molecule has 0 aromatic rings. The summed E-state index contributed by atoms with van der Waals surface area (Å²) in [6, 6.07) is -0.971. The van der Waals surface area contributed by atoms with Crippen molar-refractivity contribution in [2.45, 2.75) is 19.0 Å². The maximum Gasteiger partial charge on any atom is 0.349 e. The van der Waals surface area contributed by atoms with E-state index in [1.807, 2.05) is 24.9 Å². The van der Waals surface area contributed by atoms with E-state index in [1.54, 1.807) is 0 Å². The van der Waals surface area contributed by atoms with Crippen LogP contribution in [0, 0.1) is 6.92 Å². The van der Waals surface area contributed by atoms with Crippen LogP contribution in [0.5, 0.6) is 0 Å². The minimum Gasteiger partial charge on any atom is -0.400 e. The van der Waals surface area contributed by atoms with Crippen LogP contribution in [-0.4, -0.2) is 71.4 Å². The summed E-state index contributed by atoms with van der Waals surface area (Å²) in [6.07, 6.45) is 4.11. The SMILES string of the molecule is [CH2-]CN(CCCl)C1=CC2N=C3C(=O)NC(=O)N=C3N(C)C2C=C1C.[W]. The van der Waals surface area contributed by atoms with Crippen molar-refractivity contribution < 1.29 is 30.7 Å². The van der Waals surface area contributed by atoms with Crippen LogP contribution in [-0.2, 0) is 25.9 Å². The van der Waals surface area contributed by atoms with E-state index < -0.39 is 11.9 Å². The fourth-order valence-corrected chi connectivity index (χ4v) is 3.39. The van der Waals surface area contributed by atoms with Crippen molar-refractivity contribution in [3.63, 3.8) is 0 Å². The Morgan fingerprint density at radius 1 is 1.40 bits per heavy atom. The monoisotopic (exact) mass is 532 g/mol. The zero-order chi connectivity index (χ0) is 17.4. The van der Waals surface area contributed by atoms with Gasteiger partial charge >= 0.3 is 6.03 Å². The molecule has 25 heavy (non-hydrogen) atoms. The molecule has 3 amide bonds. The maximum atomic E-state index is 12.1. The number of likely N-dealkylation sites (N-methyl/N-ethyl adjacent to an activating group) is 1. The zero-order valence-electron chi connectivity index (χ0n) is 14.0. The number of urea groups is 1. The Morgan fingerprint density at radius 3 is 2.76 bits per heavy atom. The van der Waals surface area contributed by atoms with Crippen LogP contribution in [0.2, 0.25) is 0 Å². The van der Waals surface area contributed by atoms with Gasteiger partial charge in [-0.05, 0) is 18.6 Å². The van der Waals surface area contributed by atoms with Gasteiger partial charge in [-0.25, -0.2) is 4.79 Å². The average molecular weight is 533 g/mol. The fourth-order valence-electron chi connectivity index (χ4n) is 3.18. The number of rotatable bonds is 4. The summed E-state index contributed by atoms with van der Waals surface area (Å²) >= 11 is 5.87. The Balaban J connectivity index is 0.00000225. The Morgan fingerprint density at radius 2 is 2.12 bits per heavy atom. The maximum absolute atomic E-state index is 12.1. The number of carbonyl (C=O) groups excluding carboxylic acids is 2. The van der Waals surface area contributed by atoms with E-state index in [0.717, 1.165) is 11.3 Å². The Kier molecular flexibility index (Phi) is 6.22. The number of aliphatic imine (C=N–C) groups is 2. The third-order valence-electron chi connectivity index (χ3n) is 4.38. The van der Waals surface area contributed by atoms with Crippen LogP contribution < -0.4 is 5.32 Å². The number of imide groups is 1. The van der Waals surface area contributed by atoms with Gasteiger partial charge in [-0.3, -0.25) is 15.1 Å². The molecule has 2 heterocycles. The number of hydrogen-bond acceptors (Lipinski definition) is 5. The van der Waals surface area contributed by atoms with Crippen molar-refractivity contribution in [2.24, 2.45) is 9.98 Å². The number of alkyl halides is 1. The van der Waals surface area contributed by atoms with Crippen molar-refractivity contribution >= 4 is 35.1 Å². The van der Waals surface area contributed by atoms with Crippen molar-refractivity contribution in [1.29, 1.82) is 0 Å². The molecular weight excluding hydrogens is 514 g/mol. The van der Waals surface area contributed by atoms with Crippen LogP contribution in [0.25, 0.3) is 0 Å². The molecule has 0 aromatic carbocycles. The van der Waals surface area contributed by atoms with Crippen LogP contribution in [0.4, 0.5) is 4.79 Å². The largest absolute Gasteiger partial charge is 0.400 e. The van der Waals surface area contributed by atoms with Crippen LogP contribution in [0.3, 0.4) is 0 Å². The first-order chi connectivity index (χ1) is 11.5. The Labute approximate surface area is 166 Å². The molecule has 7 nitrogen and oxygen atoms in total. The van der Waals surface area contributed by atoms with Gasteiger partial charge in [-0.2, -0.15) is 4.99 Å². The first-order valence-corrected chi connectivity index (χ1v) is 8.25. The fraction of sp³-hybridized carbons (Fsp3) is 0.438. The molecule has 0 fully saturated rings. The van der Waals surface area contributed by atoms with Gasteiger partial charge in [0.1, 0.15) is 0 Å². The predicted octanol–water partition coefficient (Wildman–Crippen LogP) is 0.974. The standard InChI is InChI=1S/C16H19ClN5O2.W/c1-4-22(6-5-17)11-8-10-12(7-9(11)2)21(3)14-13(18-10)15(23)20-16(24)19-14;/h7-8,10,12H,1,4-6H2,2-3H3,(H,20,23,24);/q-1;. The summed E-state index contributed by atoms with van der Waals surface area (Å²) in [6.45, 7) is 7.25.